The first-order valence-electron chi connectivity index (χ1n) is 39.8. The summed E-state index contributed by atoms with van der Waals surface area (Å²) in [7, 11) is -22.9. The maximum atomic E-state index is 6.77. The molecule has 0 bridgehead atoms. The van der Waals surface area contributed by atoms with E-state index in [0.29, 0.717) is 0 Å². The predicted octanol–water partition coefficient (Wildman–Crippen LogP) is 28.7. The molecule has 6 unspecified atom stereocenters. The lowest BCUT2D eigenvalue weighted by atomic mass is 10.1. The van der Waals surface area contributed by atoms with Crippen molar-refractivity contribution in [3.8, 4) is 0 Å². The van der Waals surface area contributed by atoms with Crippen LogP contribution in [0, 0.1) is 0 Å². The molecule has 0 radical (unpaired) electrons. The van der Waals surface area contributed by atoms with Crippen LogP contribution < -0.4 is 0 Å². The normalized spacial score (nSPS) is 17.0. The first-order valence-corrected chi connectivity index (χ1v) is 88.4. The summed E-state index contributed by atoms with van der Waals surface area (Å²) < 4.78 is 52.7. The lowest BCUT2D eigenvalue weighted by molar-refractivity contribution is 0.517. The molecule has 0 aliphatic carbocycles. The van der Waals surface area contributed by atoms with E-state index in [1.54, 1.807) is 0 Å². The van der Waals surface area contributed by atoms with Crippen molar-refractivity contribution >= 4 is 133 Å². The highest BCUT2D eigenvalue weighted by molar-refractivity contribution is 6.90. The molecular formula is C72H178O8Si16. The third-order valence-corrected chi connectivity index (χ3v) is 86.6. The van der Waals surface area contributed by atoms with Crippen LogP contribution in [0.25, 0.3) is 0 Å². The summed E-state index contributed by atoms with van der Waals surface area (Å²) in [5, 5.41) is 0. The van der Waals surface area contributed by atoms with Gasteiger partial charge in [-0.05, 0) is 328 Å². The minimum atomic E-state index is -1.59. The molecule has 1 aromatic carbocycles. The van der Waals surface area contributed by atoms with Crippen LogP contribution in [-0.4, -0.2) is 133 Å². The van der Waals surface area contributed by atoms with E-state index in [0.717, 1.165) is 12.8 Å². The van der Waals surface area contributed by atoms with Crippen molar-refractivity contribution in [2.75, 3.05) is 0 Å². The standard InChI is InChI=1S/C23H48O2Si4.C17H44O2Si4.C16H42O2Si4.2C8H22OSi2/c1-11-27(7,8)25-29(10,13-3)21-19-23-16-14-22(15-17-23)18-20-28(9,12-2)24-26(4,5)6;1-11-20(5,6)18-22(9,13-3)16-15-17-23(10,14-4)19-21(7,8)12-2;1-11-20(7,8)18-22(10,13-3)16-14-15-21(9,12-2)17-19(4,5)6;2*1-7-10(3,4)9-11(5,6)8-2/h14-17H,11-13,18-21H2,1-10H3;11-17H2,1-10H3;11-16H2,1-10H3;2*7-8H2,1-6H3. The van der Waals surface area contributed by atoms with Crippen LogP contribution in [0.1, 0.15) is 121 Å². The first-order chi connectivity index (χ1) is 43.1. The van der Waals surface area contributed by atoms with Crippen LogP contribution >= 0.6 is 0 Å². The van der Waals surface area contributed by atoms with Gasteiger partial charge in [-0.3, -0.25) is 0 Å². The molecule has 0 aliphatic rings. The fraction of sp³-hybridized carbons (Fsp3) is 0.917. The van der Waals surface area contributed by atoms with Crippen molar-refractivity contribution in [3.05, 3.63) is 35.4 Å². The molecule has 96 heavy (non-hydrogen) atoms. The smallest absolute Gasteiger partial charge is 0.176 e. The van der Waals surface area contributed by atoms with Gasteiger partial charge in [0.1, 0.15) is 0 Å². The molecule has 0 N–H and O–H groups in total. The van der Waals surface area contributed by atoms with E-state index >= 15 is 0 Å². The van der Waals surface area contributed by atoms with Crippen LogP contribution in [0.4, 0.5) is 0 Å². The van der Waals surface area contributed by atoms with Gasteiger partial charge in [0, 0.05) is 0 Å². The fourth-order valence-corrected chi connectivity index (χ4v) is 75.2. The molecule has 578 valence electrons. The van der Waals surface area contributed by atoms with Gasteiger partial charge in [-0.15, -0.1) is 0 Å². The summed E-state index contributed by atoms with van der Waals surface area (Å²) in [6, 6.07) is 34.5. The van der Waals surface area contributed by atoms with Crippen LogP contribution in [0.5, 0.6) is 0 Å². The first kappa shape index (κ1) is 105. The van der Waals surface area contributed by atoms with Gasteiger partial charge in [-0.1, -0.05) is 134 Å². The Hall–Kier alpha value is 2.37. The Morgan fingerprint density at radius 2 is 0.333 bits per heavy atom. The van der Waals surface area contributed by atoms with E-state index in [1.807, 2.05) is 0 Å². The summed E-state index contributed by atoms with van der Waals surface area (Å²) in [5.74, 6) is 0. The summed E-state index contributed by atoms with van der Waals surface area (Å²) in [5.41, 5.74) is 2.93. The van der Waals surface area contributed by atoms with Crippen molar-refractivity contribution in [1.29, 1.82) is 0 Å². The number of hydrogen-bond acceptors (Lipinski definition) is 8. The molecule has 0 saturated heterocycles. The Morgan fingerprint density at radius 3 is 0.490 bits per heavy atom. The van der Waals surface area contributed by atoms with Crippen molar-refractivity contribution in [2.45, 2.75) is 427 Å². The third kappa shape index (κ3) is 51.6. The van der Waals surface area contributed by atoms with E-state index in [9.17, 15) is 0 Å². The molecule has 8 nitrogen and oxygen atoms in total. The number of hydrogen-bond donors (Lipinski definition) is 0. The molecule has 24 heteroatoms. The minimum Gasteiger partial charge on any atom is -0.456 e. The third-order valence-electron chi connectivity index (χ3n) is 21.3. The number of benzene rings is 1. The van der Waals surface area contributed by atoms with E-state index in [-0.39, 0.29) is 0 Å². The zero-order valence-electron chi connectivity index (χ0n) is 73.5. The quantitative estimate of drug-likeness (QED) is 0.0599. The van der Waals surface area contributed by atoms with Gasteiger partial charge in [-0.2, -0.15) is 0 Å². The molecule has 0 aromatic heterocycles. The predicted molar refractivity (Wildman–Crippen MR) is 484 cm³/mol. The lowest BCUT2D eigenvalue weighted by Crippen LogP contribution is -2.47. The van der Waals surface area contributed by atoms with Gasteiger partial charge in [0.05, 0.1) is 0 Å². The van der Waals surface area contributed by atoms with Gasteiger partial charge in [0.15, 0.2) is 133 Å². The highest BCUT2D eigenvalue weighted by Gasteiger charge is 2.41. The molecule has 0 aliphatic heterocycles. The fourth-order valence-electron chi connectivity index (χ4n) is 11.4. The largest absolute Gasteiger partial charge is 0.456 e. The maximum Gasteiger partial charge on any atom is 0.176 e. The Kier molecular flexibility index (Phi) is 50.1. The zero-order chi connectivity index (χ0) is 76.6. The average Bonchev–Trinajstić information content (AvgIpc) is 1.96. The molecule has 1 rings (SSSR count). The van der Waals surface area contributed by atoms with Crippen LogP contribution in [0.15, 0.2) is 24.3 Å². The molecule has 0 saturated carbocycles. The lowest BCUT2D eigenvalue weighted by Gasteiger charge is -2.38. The van der Waals surface area contributed by atoms with Gasteiger partial charge < -0.3 is 32.9 Å². The Bertz CT molecular complexity index is 2090. The SMILES string of the molecule is CC[Si](C)(C)O[Si](C)(C)CC.CC[Si](C)(C)O[Si](C)(C)CC.CC[Si](C)(C)O[Si](C)(CC)CCC[Si](C)(CC)O[Si](C)(C)C.CC[Si](C)(C)O[Si](C)(CC)CCC[Si](C)(CC)O[Si](C)(C)CC.CC[Si](C)(C)O[Si](C)(CC)CCc1ccc(CC[Si](C)(CC)O[Si](C)(C)C)cc1. The maximum absolute atomic E-state index is 6.77. The monoisotopic (exact) mass is 1620 g/mol. The van der Waals surface area contributed by atoms with Gasteiger partial charge >= 0.3 is 0 Å². The Balaban J connectivity index is -0.000000577. The molecule has 0 spiro atoms. The van der Waals surface area contributed by atoms with E-state index < -0.39 is 133 Å². The molecule has 6 atom stereocenters. The summed E-state index contributed by atoms with van der Waals surface area (Å²) in [6.07, 6.45) is 4.94. The Labute approximate surface area is 623 Å². The summed E-state index contributed by atoms with van der Waals surface area (Å²) >= 11 is 0. The van der Waals surface area contributed by atoms with E-state index in [1.165, 1.54) is 145 Å². The Morgan fingerprint density at radius 1 is 0.188 bits per heavy atom. The van der Waals surface area contributed by atoms with Crippen LogP contribution in [-0.2, 0) is 45.8 Å². The van der Waals surface area contributed by atoms with Crippen LogP contribution in [0.2, 0.25) is 304 Å². The van der Waals surface area contributed by atoms with Crippen molar-refractivity contribution < 1.29 is 32.9 Å². The van der Waals surface area contributed by atoms with E-state index in [2.05, 4.69) is 305 Å². The molecular weight excluding hydrogens is 1440 g/mol. The van der Waals surface area contributed by atoms with Crippen molar-refractivity contribution in [3.63, 3.8) is 0 Å². The van der Waals surface area contributed by atoms with Crippen molar-refractivity contribution in [1.82, 2.24) is 0 Å². The second kappa shape index (κ2) is 45.9. The van der Waals surface area contributed by atoms with Gasteiger partial charge in [0.2, 0.25) is 0 Å². The second-order valence-electron chi connectivity index (χ2n) is 37.3. The van der Waals surface area contributed by atoms with Gasteiger partial charge in [-0.25, -0.2) is 0 Å². The second-order valence-corrected chi connectivity index (χ2v) is 111. The molecule has 0 amide bonds. The average molecular weight is 1620 g/mol. The molecule has 0 heterocycles. The molecule has 0 fully saturated rings. The van der Waals surface area contributed by atoms with Gasteiger partial charge in [0.25, 0.3) is 0 Å². The highest BCUT2D eigenvalue weighted by Crippen LogP contribution is 2.34. The van der Waals surface area contributed by atoms with Crippen molar-refractivity contribution in [2.24, 2.45) is 0 Å². The number of aryl methyl sites for hydroxylation is 2. The summed E-state index contributed by atoms with van der Waals surface area (Å²) in [4.78, 5) is 0. The minimum absolute atomic E-state index is 1.15. The van der Waals surface area contributed by atoms with E-state index in [4.69, 9.17) is 32.9 Å². The number of rotatable bonds is 44. The zero-order valence-corrected chi connectivity index (χ0v) is 89.5. The molecule has 1 aromatic rings. The van der Waals surface area contributed by atoms with Crippen LogP contribution in [0.3, 0.4) is 0 Å². The summed E-state index contributed by atoms with van der Waals surface area (Å²) in [6.45, 7) is 98.4. The highest BCUT2D eigenvalue weighted by atomic mass is 28.5. The topological polar surface area (TPSA) is 73.8 Å².